The largest absolute Gasteiger partial charge is 0.302 e. The van der Waals surface area contributed by atoms with Crippen LogP contribution in [0, 0.1) is 0 Å². The van der Waals surface area contributed by atoms with E-state index < -0.39 is 0 Å². The van der Waals surface area contributed by atoms with Gasteiger partial charge in [-0.3, -0.25) is 9.59 Å². The fourth-order valence-electron chi connectivity index (χ4n) is 2.84. The van der Waals surface area contributed by atoms with Crippen LogP contribution in [0.4, 0.5) is 10.3 Å². The summed E-state index contributed by atoms with van der Waals surface area (Å²) in [4.78, 5) is 33.1. The number of aromatic nitrogens is 2. The predicted molar refractivity (Wildman–Crippen MR) is 130 cm³/mol. The average Bonchev–Trinajstić information content (AvgIpc) is 3.27. The van der Waals surface area contributed by atoms with Gasteiger partial charge in [-0.1, -0.05) is 54.5 Å². The predicted octanol–water partition coefficient (Wildman–Crippen LogP) is 6.57. The van der Waals surface area contributed by atoms with Crippen LogP contribution in [-0.4, -0.2) is 21.8 Å². The lowest BCUT2D eigenvalue weighted by Crippen LogP contribution is -2.13. The molecule has 6 nitrogen and oxygen atoms in total. The van der Waals surface area contributed by atoms with E-state index in [1.54, 1.807) is 0 Å². The van der Waals surface area contributed by atoms with E-state index in [0.29, 0.717) is 35.9 Å². The Morgan fingerprint density at radius 2 is 1.20 bits per heavy atom. The molecule has 0 fully saturated rings. The van der Waals surface area contributed by atoms with Crippen LogP contribution in [0.3, 0.4) is 0 Å². The number of carbonyl (C=O) groups is 2. The lowest BCUT2D eigenvalue weighted by molar-refractivity contribution is -0.118. The summed E-state index contributed by atoms with van der Waals surface area (Å²) in [6, 6.07) is 11.6. The summed E-state index contributed by atoms with van der Waals surface area (Å²) in [7, 11) is 0. The van der Waals surface area contributed by atoms with Gasteiger partial charge in [-0.2, -0.15) is 0 Å². The van der Waals surface area contributed by atoms with Crippen molar-refractivity contribution in [3.63, 3.8) is 0 Å². The molecule has 0 saturated carbocycles. The molecule has 154 valence electrons. The van der Waals surface area contributed by atoms with Crippen LogP contribution in [0.2, 0.25) is 0 Å². The fraction of sp³-hybridized carbons (Fsp3) is 0.200. The molecule has 4 rings (SSSR count). The first-order chi connectivity index (χ1) is 14.5. The second kappa shape index (κ2) is 9.51. The summed E-state index contributed by atoms with van der Waals surface area (Å²) in [6.07, 6.45) is 1.95. The van der Waals surface area contributed by atoms with E-state index in [1.165, 1.54) is 22.7 Å². The van der Waals surface area contributed by atoms with Crippen molar-refractivity contribution in [3.05, 3.63) is 45.3 Å². The molecular formula is C20H16Br2N4O2S2. The van der Waals surface area contributed by atoms with Gasteiger partial charge in [0.05, 0.1) is 20.4 Å². The number of rotatable bonds is 7. The van der Waals surface area contributed by atoms with Gasteiger partial charge in [-0.05, 0) is 49.2 Å². The standard InChI is InChI=1S/C20H16Br2N4O2S2/c21-11-5-7-13-15(9-11)29-19(23-13)25-17(27)3-1-2-4-18(28)26-20-24-14-8-6-12(22)10-16(14)30-20/h5-10H,1-4H2,(H,23,25,27)(H,24,26,28). The summed E-state index contributed by atoms with van der Waals surface area (Å²) in [6.45, 7) is 0. The van der Waals surface area contributed by atoms with Crippen molar-refractivity contribution >= 4 is 97.0 Å². The van der Waals surface area contributed by atoms with Gasteiger partial charge in [0.2, 0.25) is 11.8 Å². The van der Waals surface area contributed by atoms with Gasteiger partial charge in [-0.25, -0.2) is 9.97 Å². The van der Waals surface area contributed by atoms with Gasteiger partial charge in [0.25, 0.3) is 0 Å². The Kier molecular flexibility index (Phi) is 6.77. The van der Waals surface area contributed by atoms with Crippen molar-refractivity contribution in [1.29, 1.82) is 0 Å². The smallest absolute Gasteiger partial charge is 0.226 e. The molecule has 0 aliphatic carbocycles. The minimum Gasteiger partial charge on any atom is -0.302 e. The zero-order valence-corrected chi connectivity index (χ0v) is 20.4. The van der Waals surface area contributed by atoms with E-state index in [-0.39, 0.29) is 11.8 Å². The molecule has 30 heavy (non-hydrogen) atoms. The molecule has 2 N–H and O–H groups in total. The molecule has 0 saturated heterocycles. The monoisotopic (exact) mass is 566 g/mol. The van der Waals surface area contributed by atoms with Crippen molar-refractivity contribution < 1.29 is 9.59 Å². The summed E-state index contributed by atoms with van der Waals surface area (Å²) < 4.78 is 3.99. The van der Waals surface area contributed by atoms with Gasteiger partial charge < -0.3 is 10.6 Å². The second-order valence-corrected chi connectivity index (χ2v) is 10.5. The van der Waals surface area contributed by atoms with E-state index >= 15 is 0 Å². The second-order valence-electron chi connectivity index (χ2n) is 6.57. The summed E-state index contributed by atoms with van der Waals surface area (Å²) in [5.41, 5.74) is 1.72. The maximum absolute atomic E-state index is 12.2. The van der Waals surface area contributed by atoms with Gasteiger partial charge in [0.15, 0.2) is 10.3 Å². The summed E-state index contributed by atoms with van der Waals surface area (Å²) >= 11 is 9.75. The van der Waals surface area contributed by atoms with Crippen LogP contribution < -0.4 is 10.6 Å². The number of unbranched alkanes of at least 4 members (excludes halogenated alkanes) is 1. The van der Waals surface area contributed by atoms with Crippen LogP contribution >= 0.6 is 54.5 Å². The molecule has 4 aromatic rings. The van der Waals surface area contributed by atoms with E-state index in [4.69, 9.17) is 0 Å². The van der Waals surface area contributed by atoms with E-state index in [9.17, 15) is 9.59 Å². The molecule has 0 spiro atoms. The van der Waals surface area contributed by atoms with E-state index in [2.05, 4.69) is 52.5 Å². The number of nitrogens with zero attached hydrogens (tertiary/aromatic N) is 2. The Bertz CT molecular complexity index is 1140. The molecule has 0 unspecified atom stereocenters. The van der Waals surface area contributed by atoms with Crippen molar-refractivity contribution in [2.45, 2.75) is 25.7 Å². The number of thiazole rings is 2. The minimum absolute atomic E-state index is 0.0923. The first kappa shape index (κ1) is 21.4. The molecule has 0 bridgehead atoms. The van der Waals surface area contributed by atoms with Crippen molar-refractivity contribution in [1.82, 2.24) is 9.97 Å². The van der Waals surface area contributed by atoms with E-state index in [1.807, 2.05) is 36.4 Å². The normalized spacial score (nSPS) is 11.1. The quantitative estimate of drug-likeness (QED) is 0.247. The van der Waals surface area contributed by atoms with Crippen LogP contribution in [-0.2, 0) is 9.59 Å². The number of anilines is 2. The topological polar surface area (TPSA) is 84.0 Å². The molecule has 2 amide bonds. The lowest BCUT2D eigenvalue weighted by atomic mass is 10.2. The molecule has 0 atom stereocenters. The number of fused-ring (bicyclic) bond motifs is 2. The van der Waals surface area contributed by atoms with Gasteiger partial charge in [0.1, 0.15) is 0 Å². The third-order valence-electron chi connectivity index (χ3n) is 4.25. The van der Waals surface area contributed by atoms with Gasteiger partial charge in [0, 0.05) is 21.8 Å². The highest BCUT2D eigenvalue weighted by Gasteiger charge is 2.10. The maximum Gasteiger partial charge on any atom is 0.226 e. The molecule has 0 aliphatic rings. The number of amides is 2. The highest BCUT2D eigenvalue weighted by Crippen LogP contribution is 2.29. The average molecular weight is 568 g/mol. The lowest BCUT2D eigenvalue weighted by Gasteiger charge is -2.02. The minimum atomic E-state index is -0.0923. The molecular weight excluding hydrogens is 552 g/mol. The Labute approximate surface area is 197 Å². The molecule has 2 heterocycles. The number of hydrogen-bond donors (Lipinski definition) is 2. The number of benzene rings is 2. The van der Waals surface area contributed by atoms with E-state index in [0.717, 1.165) is 29.4 Å². The van der Waals surface area contributed by atoms with Crippen LogP contribution in [0.15, 0.2) is 45.3 Å². The highest BCUT2D eigenvalue weighted by molar-refractivity contribution is 9.10. The summed E-state index contributed by atoms with van der Waals surface area (Å²) in [5, 5.41) is 6.86. The highest BCUT2D eigenvalue weighted by atomic mass is 79.9. The maximum atomic E-state index is 12.2. The molecule has 0 radical (unpaired) electrons. The SMILES string of the molecule is O=C(CCCCC(=O)Nc1nc2ccc(Br)cc2s1)Nc1nc2ccc(Br)cc2s1. The zero-order chi connectivity index (χ0) is 21.1. The number of hydrogen-bond acceptors (Lipinski definition) is 6. The summed E-state index contributed by atoms with van der Waals surface area (Å²) in [5.74, 6) is -0.185. The Hall–Kier alpha value is -1.88. The molecule has 0 aliphatic heterocycles. The molecule has 2 aromatic heterocycles. The Morgan fingerprint density at radius 1 is 0.767 bits per heavy atom. The number of halogens is 2. The Balaban J connectivity index is 1.20. The van der Waals surface area contributed by atoms with Gasteiger partial charge in [-0.15, -0.1) is 0 Å². The van der Waals surface area contributed by atoms with Gasteiger partial charge >= 0.3 is 0 Å². The molecule has 2 aromatic carbocycles. The Morgan fingerprint density at radius 3 is 1.63 bits per heavy atom. The number of carbonyl (C=O) groups excluding carboxylic acids is 2. The first-order valence-corrected chi connectivity index (χ1v) is 12.4. The van der Waals surface area contributed by atoms with Crippen molar-refractivity contribution in [3.8, 4) is 0 Å². The fourth-order valence-corrected chi connectivity index (χ4v) is 5.71. The molecule has 10 heteroatoms. The third kappa shape index (κ3) is 5.42. The van der Waals surface area contributed by atoms with Crippen LogP contribution in [0.5, 0.6) is 0 Å². The van der Waals surface area contributed by atoms with Crippen LogP contribution in [0.1, 0.15) is 25.7 Å². The zero-order valence-electron chi connectivity index (χ0n) is 15.6. The third-order valence-corrected chi connectivity index (χ3v) is 7.11. The number of nitrogens with one attached hydrogen (secondary N) is 2. The van der Waals surface area contributed by atoms with Crippen molar-refractivity contribution in [2.24, 2.45) is 0 Å². The van der Waals surface area contributed by atoms with Crippen LogP contribution in [0.25, 0.3) is 20.4 Å². The first-order valence-electron chi connectivity index (χ1n) is 9.18. The van der Waals surface area contributed by atoms with Crippen molar-refractivity contribution in [2.75, 3.05) is 10.6 Å².